The van der Waals surface area contributed by atoms with E-state index in [0.717, 1.165) is 17.7 Å². The lowest BCUT2D eigenvalue weighted by atomic mass is 10.1. The minimum atomic E-state index is -4.21. The number of nitrogen functional groups attached to an aromatic ring is 1. The summed E-state index contributed by atoms with van der Waals surface area (Å²) in [7, 11) is -1.32. The van der Waals surface area contributed by atoms with E-state index < -0.39 is 20.7 Å². The molecule has 4 aromatic rings. The third-order valence-corrected chi connectivity index (χ3v) is 6.01. The highest BCUT2D eigenvalue weighted by Crippen LogP contribution is 2.34. The number of benzene rings is 2. The number of rotatable bonds is 6. The van der Waals surface area contributed by atoms with Crippen molar-refractivity contribution < 1.29 is 22.3 Å². The summed E-state index contributed by atoms with van der Waals surface area (Å²) < 4.78 is 51.9. The van der Waals surface area contributed by atoms with Crippen molar-refractivity contribution in [1.29, 1.82) is 0 Å². The Labute approximate surface area is 177 Å². The van der Waals surface area contributed by atoms with Crippen LogP contribution in [-0.4, -0.2) is 37.8 Å². The highest BCUT2D eigenvalue weighted by Gasteiger charge is 2.21. The van der Waals surface area contributed by atoms with Gasteiger partial charge in [-0.3, -0.25) is 9.82 Å². The van der Waals surface area contributed by atoms with Gasteiger partial charge in [0.25, 0.3) is 10.0 Å². The molecule has 0 atom stereocenters. The van der Waals surface area contributed by atoms with Crippen molar-refractivity contribution >= 4 is 32.6 Å². The summed E-state index contributed by atoms with van der Waals surface area (Å²) >= 11 is 0. The molecular formula is C20H18FN5O4S. The molecule has 0 saturated heterocycles. The smallest absolute Gasteiger partial charge is 0.266 e. The molecule has 2 heterocycles. The number of hydrogen-bond donors (Lipinski definition) is 3. The molecule has 0 amide bonds. The van der Waals surface area contributed by atoms with Crippen molar-refractivity contribution in [3.05, 3.63) is 54.5 Å². The summed E-state index contributed by atoms with van der Waals surface area (Å²) in [5, 5.41) is 7.49. The number of fused-ring (bicyclic) bond motifs is 1. The average molecular weight is 443 g/mol. The van der Waals surface area contributed by atoms with Gasteiger partial charge in [0, 0.05) is 17.8 Å². The molecule has 0 bridgehead atoms. The second-order valence-corrected chi connectivity index (χ2v) is 8.19. The highest BCUT2D eigenvalue weighted by atomic mass is 32.2. The van der Waals surface area contributed by atoms with E-state index in [9.17, 15) is 12.8 Å². The molecule has 31 heavy (non-hydrogen) atoms. The molecule has 160 valence electrons. The number of nitrogens with zero attached hydrogens (tertiary/aromatic N) is 2. The van der Waals surface area contributed by atoms with Crippen molar-refractivity contribution in [3.8, 4) is 22.6 Å². The normalized spacial score (nSPS) is 11.5. The third-order valence-electron chi connectivity index (χ3n) is 4.64. The first-order valence-corrected chi connectivity index (χ1v) is 10.4. The zero-order valence-electron chi connectivity index (χ0n) is 16.5. The Bertz CT molecular complexity index is 1370. The van der Waals surface area contributed by atoms with E-state index in [2.05, 4.69) is 19.9 Å². The van der Waals surface area contributed by atoms with Gasteiger partial charge in [-0.2, -0.15) is 5.10 Å². The maximum absolute atomic E-state index is 14.1. The lowest BCUT2D eigenvalue weighted by Gasteiger charge is -2.11. The molecule has 0 radical (unpaired) electrons. The fraction of sp³-hybridized carbons (Fsp3) is 0.100. The lowest BCUT2D eigenvalue weighted by Crippen LogP contribution is -2.15. The molecule has 0 aliphatic rings. The maximum atomic E-state index is 14.1. The largest absolute Gasteiger partial charge is 0.497 e. The number of aromatic amines is 1. The Morgan fingerprint density at radius 1 is 1.06 bits per heavy atom. The van der Waals surface area contributed by atoms with Crippen LogP contribution in [0.15, 0.2) is 53.6 Å². The number of ether oxygens (including phenoxy) is 2. The van der Waals surface area contributed by atoms with E-state index in [1.165, 1.54) is 32.5 Å². The van der Waals surface area contributed by atoms with Gasteiger partial charge < -0.3 is 15.2 Å². The highest BCUT2D eigenvalue weighted by molar-refractivity contribution is 7.92. The summed E-state index contributed by atoms with van der Waals surface area (Å²) in [5.41, 5.74) is 8.00. The second-order valence-electron chi connectivity index (χ2n) is 6.54. The number of nitrogens with two attached hydrogens (primary N) is 1. The van der Waals surface area contributed by atoms with Gasteiger partial charge in [0.15, 0.2) is 5.82 Å². The molecule has 0 aliphatic heterocycles. The first-order valence-electron chi connectivity index (χ1n) is 8.97. The van der Waals surface area contributed by atoms with Gasteiger partial charge in [-0.25, -0.2) is 17.8 Å². The molecular weight excluding hydrogens is 425 g/mol. The molecule has 4 N–H and O–H groups in total. The molecule has 0 unspecified atom stereocenters. The van der Waals surface area contributed by atoms with Gasteiger partial charge in [0.2, 0.25) is 0 Å². The van der Waals surface area contributed by atoms with Crippen molar-refractivity contribution in [1.82, 2.24) is 15.2 Å². The number of sulfonamides is 1. The minimum Gasteiger partial charge on any atom is -0.497 e. The van der Waals surface area contributed by atoms with Gasteiger partial charge in [-0.05, 0) is 42.0 Å². The van der Waals surface area contributed by atoms with Crippen LogP contribution in [0.1, 0.15) is 0 Å². The topological polar surface area (TPSA) is 132 Å². The predicted octanol–water partition coefficient (Wildman–Crippen LogP) is 3.16. The van der Waals surface area contributed by atoms with Crippen LogP contribution >= 0.6 is 0 Å². The first-order chi connectivity index (χ1) is 14.8. The summed E-state index contributed by atoms with van der Waals surface area (Å²) in [5.74, 6) is 0.214. The van der Waals surface area contributed by atoms with E-state index in [1.807, 2.05) is 6.07 Å². The van der Waals surface area contributed by atoms with Gasteiger partial charge in [-0.15, -0.1) is 0 Å². The monoisotopic (exact) mass is 443 g/mol. The van der Waals surface area contributed by atoms with E-state index in [0.29, 0.717) is 28.0 Å². The molecule has 0 saturated carbocycles. The SMILES string of the molecule is COc1ccc(F)c(S(=O)(=O)Nc2ccc(-c3cc(OC)c4c(N)n[nH]c4c3)cn2)c1. The molecule has 2 aromatic carbocycles. The van der Waals surface area contributed by atoms with Gasteiger partial charge in [0.05, 0.1) is 25.1 Å². The number of aromatic nitrogens is 3. The molecule has 11 heteroatoms. The van der Waals surface area contributed by atoms with Crippen LogP contribution in [0, 0.1) is 5.82 Å². The number of halogens is 1. The van der Waals surface area contributed by atoms with Crippen LogP contribution < -0.4 is 19.9 Å². The molecule has 0 fully saturated rings. The zero-order chi connectivity index (χ0) is 22.2. The Morgan fingerprint density at radius 3 is 2.55 bits per heavy atom. The number of H-pyrrole nitrogens is 1. The lowest BCUT2D eigenvalue weighted by molar-refractivity contribution is 0.411. The van der Waals surface area contributed by atoms with Gasteiger partial charge in [-0.1, -0.05) is 0 Å². The Kier molecular flexibility index (Phi) is 5.11. The molecule has 4 rings (SSSR count). The molecule has 0 aliphatic carbocycles. The first kappa shape index (κ1) is 20.4. The van der Waals surface area contributed by atoms with Crippen LogP contribution in [-0.2, 0) is 10.0 Å². The van der Waals surface area contributed by atoms with Crippen LogP contribution in [0.5, 0.6) is 11.5 Å². The Morgan fingerprint density at radius 2 is 1.87 bits per heavy atom. The molecule has 0 spiro atoms. The van der Waals surface area contributed by atoms with Crippen LogP contribution in [0.25, 0.3) is 22.0 Å². The van der Waals surface area contributed by atoms with Gasteiger partial charge >= 0.3 is 0 Å². The van der Waals surface area contributed by atoms with E-state index in [-0.39, 0.29) is 11.6 Å². The Balaban J connectivity index is 1.64. The summed E-state index contributed by atoms with van der Waals surface area (Å²) in [4.78, 5) is 3.61. The van der Waals surface area contributed by atoms with Gasteiger partial charge in [0.1, 0.15) is 28.0 Å². The van der Waals surface area contributed by atoms with Crippen LogP contribution in [0.4, 0.5) is 16.0 Å². The van der Waals surface area contributed by atoms with Crippen molar-refractivity contribution in [2.75, 3.05) is 24.7 Å². The fourth-order valence-corrected chi connectivity index (χ4v) is 4.21. The Hall–Kier alpha value is -3.86. The molecule has 2 aromatic heterocycles. The van der Waals surface area contributed by atoms with Crippen LogP contribution in [0.2, 0.25) is 0 Å². The number of pyridine rings is 1. The molecule has 9 nitrogen and oxygen atoms in total. The zero-order valence-corrected chi connectivity index (χ0v) is 17.3. The average Bonchev–Trinajstić information content (AvgIpc) is 3.14. The van der Waals surface area contributed by atoms with Crippen molar-refractivity contribution in [2.45, 2.75) is 4.90 Å². The number of hydrogen-bond acceptors (Lipinski definition) is 7. The number of methoxy groups -OCH3 is 2. The van der Waals surface area contributed by atoms with Crippen molar-refractivity contribution in [2.24, 2.45) is 0 Å². The summed E-state index contributed by atoms with van der Waals surface area (Å²) in [6, 6.07) is 10.2. The quantitative estimate of drug-likeness (QED) is 0.417. The predicted molar refractivity (Wildman–Crippen MR) is 114 cm³/mol. The summed E-state index contributed by atoms with van der Waals surface area (Å²) in [6.07, 6.45) is 1.49. The maximum Gasteiger partial charge on any atom is 0.266 e. The van der Waals surface area contributed by atoms with E-state index in [1.54, 1.807) is 12.1 Å². The second kappa shape index (κ2) is 7.76. The van der Waals surface area contributed by atoms with E-state index in [4.69, 9.17) is 15.2 Å². The number of nitrogens with one attached hydrogen (secondary N) is 2. The third kappa shape index (κ3) is 3.82. The standard InChI is InChI=1S/C20H18FN5O4S/c1-29-13-4-5-14(21)17(9-13)31(27,28)26-18-6-3-11(10-23-18)12-7-15-19(16(8-12)30-2)20(22)25-24-15/h3-10H,1-2H3,(H,23,26)(H3,22,24,25). The minimum absolute atomic E-state index is 0.0322. The van der Waals surface area contributed by atoms with Crippen molar-refractivity contribution in [3.63, 3.8) is 0 Å². The summed E-state index contributed by atoms with van der Waals surface area (Å²) in [6.45, 7) is 0. The van der Waals surface area contributed by atoms with Crippen LogP contribution in [0.3, 0.4) is 0 Å². The fourth-order valence-electron chi connectivity index (χ4n) is 3.11. The number of anilines is 2. The van der Waals surface area contributed by atoms with E-state index >= 15 is 0 Å².